The Balaban J connectivity index is 2.63. The summed E-state index contributed by atoms with van der Waals surface area (Å²) in [6.07, 6.45) is 3.91. The van der Waals surface area contributed by atoms with Crippen LogP contribution in [0.4, 0.5) is 0 Å². The molecule has 16 heavy (non-hydrogen) atoms. The normalized spacial score (nSPS) is 10.9. The highest BCUT2D eigenvalue weighted by Gasteiger charge is 1.98. The van der Waals surface area contributed by atoms with Gasteiger partial charge in [-0.3, -0.25) is 4.79 Å². The highest BCUT2D eigenvalue weighted by atomic mass is 35.5. The number of carbonyl (C=O) groups excluding carboxylic acids is 1. The molecule has 1 aromatic rings. The van der Waals surface area contributed by atoms with Crippen LogP contribution in [0.3, 0.4) is 0 Å². The number of benzene rings is 1. The molecule has 0 unspecified atom stereocenters. The van der Waals surface area contributed by atoms with E-state index in [-0.39, 0.29) is 5.12 Å². The van der Waals surface area contributed by atoms with Gasteiger partial charge in [0.05, 0.1) is 0 Å². The van der Waals surface area contributed by atoms with Crippen molar-refractivity contribution in [3.63, 3.8) is 0 Å². The molecule has 0 N–H and O–H groups in total. The third-order valence-corrected chi connectivity index (χ3v) is 3.33. The molecule has 0 atom stereocenters. The van der Waals surface area contributed by atoms with E-state index in [9.17, 15) is 4.79 Å². The van der Waals surface area contributed by atoms with Gasteiger partial charge >= 0.3 is 0 Å². The predicted molar refractivity (Wildman–Crippen MR) is 73.2 cm³/mol. The van der Waals surface area contributed by atoms with E-state index in [0.29, 0.717) is 16.7 Å². The monoisotopic (exact) mass is 274 g/mol. The van der Waals surface area contributed by atoms with Gasteiger partial charge in [0, 0.05) is 23.6 Å². The molecular formula is C12H12Cl2OS. The van der Waals surface area contributed by atoms with E-state index in [1.807, 2.05) is 30.4 Å². The van der Waals surface area contributed by atoms with Gasteiger partial charge < -0.3 is 0 Å². The first-order valence-electron chi connectivity index (χ1n) is 4.78. The number of hydrogen-bond acceptors (Lipinski definition) is 2. The van der Waals surface area contributed by atoms with Gasteiger partial charge in [0.2, 0.25) is 0 Å². The van der Waals surface area contributed by atoms with Crippen LogP contribution in [0.2, 0.25) is 5.02 Å². The van der Waals surface area contributed by atoms with E-state index in [2.05, 4.69) is 0 Å². The molecule has 1 nitrogen and oxygen atoms in total. The lowest BCUT2D eigenvalue weighted by atomic mass is 10.1. The fourth-order valence-electron chi connectivity index (χ4n) is 1.15. The van der Waals surface area contributed by atoms with Crippen molar-refractivity contribution < 1.29 is 4.79 Å². The summed E-state index contributed by atoms with van der Waals surface area (Å²) in [6.45, 7) is 1.56. The molecule has 0 heterocycles. The highest BCUT2D eigenvalue weighted by Crippen LogP contribution is 2.20. The van der Waals surface area contributed by atoms with Crippen LogP contribution in [0.1, 0.15) is 18.1 Å². The number of carbonyl (C=O) groups is 1. The van der Waals surface area contributed by atoms with Crippen molar-refractivity contribution in [3.8, 4) is 0 Å². The van der Waals surface area contributed by atoms with Crippen LogP contribution >= 0.6 is 35.0 Å². The van der Waals surface area contributed by atoms with E-state index in [1.54, 1.807) is 6.92 Å². The van der Waals surface area contributed by atoms with E-state index >= 15 is 0 Å². The van der Waals surface area contributed by atoms with Crippen LogP contribution in [0.25, 0.3) is 6.08 Å². The summed E-state index contributed by atoms with van der Waals surface area (Å²) in [6, 6.07) is 5.70. The minimum absolute atomic E-state index is 0.127. The lowest BCUT2D eigenvalue weighted by Gasteiger charge is -2.01. The molecule has 0 aliphatic carbocycles. The molecule has 0 aromatic heterocycles. The minimum Gasteiger partial charge on any atom is -0.288 e. The van der Waals surface area contributed by atoms with Crippen molar-refractivity contribution in [2.75, 3.05) is 5.75 Å². The summed E-state index contributed by atoms with van der Waals surface area (Å²) in [5, 5.41) is 0.812. The standard InChI is InChI=1S/C12H12Cl2OS/c1-9(15)16-6-2-3-10-4-5-12(14)11(7-10)8-13/h2-5,7H,6,8H2,1H3. The third kappa shape index (κ3) is 4.60. The second-order valence-electron chi connectivity index (χ2n) is 3.19. The van der Waals surface area contributed by atoms with Crippen molar-refractivity contribution >= 4 is 46.2 Å². The lowest BCUT2D eigenvalue weighted by molar-refractivity contribution is -0.109. The third-order valence-electron chi connectivity index (χ3n) is 1.91. The highest BCUT2D eigenvalue weighted by molar-refractivity contribution is 8.13. The first kappa shape index (κ1) is 13.6. The zero-order valence-corrected chi connectivity index (χ0v) is 11.2. The molecule has 0 amide bonds. The van der Waals surface area contributed by atoms with Gasteiger partial charge in [-0.1, -0.05) is 41.6 Å². The van der Waals surface area contributed by atoms with Crippen LogP contribution < -0.4 is 0 Å². The van der Waals surface area contributed by atoms with E-state index in [1.165, 1.54) is 11.8 Å². The molecule has 1 rings (SSSR count). The van der Waals surface area contributed by atoms with Gasteiger partial charge in [-0.25, -0.2) is 0 Å². The van der Waals surface area contributed by atoms with Gasteiger partial charge in [0.25, 0.3) is 0 Å². The molecule has 86 valence electrons. The van der Waals surface area contributed by atoms with E-state index < -0.39 is 0 Å². The summed E-state index contributed by atoms with van der Waals surface area (Å²) in [5.41, 5.74) is 1.97. The van der Waals surface area contributed by atoms with Gasteiger partial charge in [-0.15, -0.1) is 11.6 Å². The summed E-state index contributed by atoms with van der Waals surface area (Å²) in [7, 11) is 0. The van der Waals surface area contributed by atoms with Crippen molar-refractivity contribution in [2.45, 2.75) is 12.8 Å². The first-order valence-corrected chi connectivity index (χ1v) is 6.67. The van der Waals surface area contributed by atoms with Gasteiger partial charge in [-0.2, -0.15) is 0 Å². The zero-order valence-electron chi connectivity index (χ0n) is 8.87. The maximum atomic E-state index is 10.7. The summed E-state index contributed by atoms with van der Waals surface area (Å²) >= 11 is 13.0. The topological polar surface area (TPSA) is 17.1 Å². The molecule has 0 aliphatic rings. The quantitative estimate of drug-likeness (QED) is 0.759. The number of thioether (sulfide) groups is 1. The smallest absolute Gasteiger partial charge is 0.186 e. The van der Waals surface area contributed by atoms with Crippen molar-refractivity contribution in [3.05, 3.63) is 40.4 Å². The van der Waals surface area contributed by atoms with E-state index in [0.717, 1.165) is 11.1 Å². The summed E-state index contributed by atoms with van der Waals surface area (Å²) in [5.74, 6) is 1.09. The SMILES string of the molecule is CC(=O)SCC=Cc1ccc(Cl)c(CCl)c1. The van der Waals surface area contributed by atoms with E-state index in [4.69, 9.17) is 23.2 Å². The molecule has 1 aromatic carbocycles. The Labute approximate surface area is 110 Å². The number of alkyl halides is 1. The predicted octanol–water partition coefficient (Wildman–Crippen LogP) is 4.37. The first-order chi connectivity index (χ1) is 7.63. The van der Waals surface area contributed by atoms with Crippen molar-refractivity contribution in [1.29, 1.82) is 0 Å². The maximum Gasteiger partial charge on any atom is 0.186 e. The molecule has 0 spiro atoms. The largest absolute Gasteiger partial charge is 0.288 e. The molecule has 0 saturated heterocycles. The molecule has 0 saturated carbocycles. The van der Waals surface area contributed by atoms with Crippen LogP contribution in [-0.2, 0) is 10.7 Å². The zero-order chi connectivity index (χ0) is 12.0. The van der Waals surface area contributed by atoms with Gasteiger partial charge in [0.15, 0.2) is 5.12 Å². The van der Waals surface area contributed by atoms with Crippen LogP contribution in [0.5, 0.6) is 0 Å². The molecule has 0 aliphatic heterocycles. The lowest BCUT2D eigenvalue weighted by Crippen LogP contribution is -1.83. The van der Waals surface area contributed by atoms with Crippen molar-refractivity contribution in [1.82, 2.24) is 0 Å². The molecule has 4 heteroatoms. The molecular weight excluding hydrogens is 263 g/mol. The van der Waals surface area contributed by atoms with Gasteiger partial charge in [0.1, 0.15) is 0 Å². The molecule has 0 radical (unpaired) electrons. The Morgan fingerprint density at radius 2 is 2.25 bits per heavy atom. The Bertz CT molecular complexity index is 402. The Hall–Kier alpha value is -0.440. The average Bonchev–Trinajstić information content (AvgIpc) is 2.26. The Morgan fingerprint density at radius 3 is 2.88 bits per heavy atom. The minimum atomic E-state index is 0.127. The Morgan fingerprint density at radius 1 is 1.50 bits per heavy atom. The number of hydrogen-bond donors (Lipinski definition) is 0. The molecule has 0 bridgehead atoms. The Kier molecular flexibility index (Phi) is 5.96. The second-order valence-corrected chi connectivity index (χ2v) is 5.06. The van der Waals surface area contributed by atoms with Crippen LogP contribution in [0, 0.1) is 0 Å². The molecule has 0 fully saturated rings. The maximum absolute atomic E-state index is 10.7. The fraction of sp³-hybridized carbons (Fsp3) is 0.250. The number of halogens is 2. The summed E-state index contributed by atoms with van der Waals surface area (Å²) < 4.78 is 0. The average molecular weight is 275 g/mol. The second kappa shape index (κ2) is 7.00. The van der Waals surface area contributed by atoms with Crippen LogP contribution in [-0.4, -0.2) is 10.9 Å². The van der Waals surface area contributed by atoms with Gasteiger partial charge in [-0.05, 0) is 23.3 Å². The fourth-order valence-corrected chi connectivity index (χ4v) is 2.05. The number of rotatable bonds is 4. The van der Waals surface area contributed by atoms with Crippen LogP contribution in [0.15, 0.2) is 24.3 Å². The van der Waals surface area contributed by atoms with Crippen molar-refractivity contribution in [2.24, 2.45) is 0 Å². The summed E-state index contributed by atoms with van der Waals surface area (Å²) in [4.78, 5) is 10.7.